The highest BCUT2D eigenvalue weighted by atomic mass is 16.5. The van der Waals surface area contributed by atoms with Gasteiger partial charge in [0.1, 0.15) is 0 Å². The topological polar surface area (TPSA) is 41.0 Å². The number of carbonyl (C=O) groups excluding carboxylic acids is 1. The van der Waals surface area contributed by atoms with Crippen LogP contribution < -0.4 is 4.90 Å². The lowest BCUT2D eigenvalue weighted by atomic mass is 10.1. The number of amides is 1. The van der Waals surface area contributed by atoms with E-state index < -0.39 is 0 Å². The maximum Gasteiger partial charge on any atom is 0.255 e. The Morgan fingerprint density at radius 3 is 2.50 bits per heavy atom. The average molecular weight is 411 g/mol. The second kappa shape index (κ2) is 9.67. The van der Waals surface area contributed by atoms with E-state index in [-0.39, 0.29) is 12.0 Å². The van der Waals surface area contributed by atoms with Crippen LogP contribution >= 0.6 is 0 Å². The summed E-state index contributed by atoms with van der Waals surface area (Å²) in [5.74, 6) is 0.154. The molecule has 1 aromatic carbocycles. The van der Waals surface area contributed by atoms with Gasteiger partial charge in [0.15, 0.2) is 0 Å². The number of hydrogen-bond acceptors (Lipinski definition) is 4. The summed E-state index contributed by atoms with van der Waals surface area (Å²) in [6.07, 6.45) is 3.85. The summed E-state index contributed by atoms with van der Waals surface area (Å²) in [5.41, 5.74) is 3.15. The maximum absolute atomic E-state index is 13.1. The lowest BCUT2D eigenvalue weighted by Crippen LogP contribution is -2.47. The highest BCUT2D eigenvalue weighted by molar-refractivity contribution is 5.96. The van der Waals surface area contributed by atoms with Gasteiger partial charge < -0.3 is 19.1 Å². The molecule has 0 spiro atoms. The van der Waals surface area contributed by atoms with E-state index in [1.165, 1.54) is 5.69 Å². The van der Waals surface area contributed by atoms with Crippen LogP contribution in [0.15, 0.2) is 42.6 Å². The van der Waals surface area contributed by atoms with Crippen LogP contribution in [0.5, 0.6) is 0 Å². The van der Waals surface area contributed by atoms with E-state index in [9.17, 15) is 4.79 Å². The van der Waals surface area contributed by atoms with Gasteiger partial charge in [0.2, 0.25) is 0 Å². The van der Waals surface area contributed by atoms with Crippen LogP contribution in [0.3, 0.4) is 0 Å². The van der Waals surface area contributed by atoms with Crippen LogP contribution in [0.1, 0.15) is 41.9 Å². The first-order valence-electron chi connectivity index (χ1n) is 11.3. The summed E-state index contributed by atoms with van der Waals surface area (Å²) in [4.78, 5) is 20.1. The zero-order chi connectivity index (χ0) is 20.9. The smallest absolute Gasteiger partial charge is 0.255 e. The van der Waals surface area contributed by atoms with Crippen LogP contribution in [-0.4, -0.2) is 72.7 Å². The second-order valence-corrected chi connectivity index (χ2v) is 8.27. The van der Waals surface area contributed by atoms with Crippen molar-refractivity contribution in [2.45, 2.75) is 25.9 Å². The molecule has 162 valence electrons. The molecule has 4 rings (SSSR count). The van der Waals surface area contributed by atoms with Crippen molar-refractivity contribution in [3.05, 3.63) is 53.9 Å². The number of anilines is 1. The molecule has 0 radical (unpaired) electrons. The fourth-order valence-electron chi connectivity index (χ4n) is 4.74. The fraction of sp³-hybridized carbons (Fsp3) is 0.542. The third-order valence-corrected chi connectivity index (χ3v) is 6.37. The number of ether oxygens (including phenoxy) is 1. The highest BCUT2D eigenvalue weighted by Crippen LogP contribution is 2.30. The molecule has 1 aromatic heterocycles. The quantitative estimate of drug-likeness (QED) is 0.703. The fourth-order valence-corrected chi connectivity index (χ4v) is 4.74. The second-order valence-electron chi connectivity index (χ2n) is 8.27. The molecule has 0 N–H and O–H groups in total. The van der Waals surface area contributed by atoms with E-state index in [0.29, 0.717) is 6.61 Å². The number of hydrogen-bond donors (Lipinski definition) is 0. The highest BCUT2D eigenvalue weighted by Gasteiger charge is 2.30. The molecule has 1 unspecified atom stereocenters. The van der Waals surface area contributed by atoms with Crippen molar-refractivity contribution in [1.29, 1.82) is 0 Å². The molecule has 0 bridgehead atoms. The van der Waals surface area contributed by atoms with Crippen molar-refractivity contribution >= 4 is 11.6 Å². The summed E-state index contributed by atoms with van der Waals surface area (Å²) in [6, 6.07) is 12.6. The van der Waals surface area contributed by atoms with Gasteiger partial charge in [-0.05, 0) is 44.5 Å². The Balaban J connectivity index is 1.28. The van der Waals surface area contributed by atoms with Crippen molar-refractivity contribution in [2.24, 2.45) is 7.05 Å². The standard InChI is InChI=1S/C24H34N4O2/c1-3-30-22-11-15-28(24(29)21-10-14-25(2)23(21)22)13-7-12-26-16-18-27(19-17-26)20-8-5-4-6-9-20/h4-6,8-10,14,22H,3,7,11-13,15-19H2,1-2H3. The van der Waals surface area contributed by atoms with Gasteiger partial charge in [0.25, 0.3) is 5.91 Å². The van der Waals surface area contributed by atoms with E-state index >= 15 is 0 Å². The molecule has 2 aliphatic heterocycles. The number of nitrogens with zero attached hydrogens (tertiary/aromatic N) is 4. The number of fused-ring (bicyclic) bond motifs is 1. The molecule has 1 saturated heterocycles. The van der Waals surface area contributed by atoms with E-state index in [0.717, 1.165) is 69.9 Å². The Morgan fingerprint density at radius 1 is 1.00 bits per heavy atom. The van der Waals surface area contributed by atoms with E-state index in [1.54, 1.807) is 0 Å². The first-order chi connectivity index (χ1) is 14.7. The Labute approximate surface area is 180 Å². The maximum atomic E-state index is 13.1. The van der Waals surface area contributed by atoms with Gasteiger partial charge in [-0.15, -0.1) is 0 Å². The summed E-state index contributed by atoms with van der Waals surface area (Å²) >= 11 is 0. The number of rotatable bonds is 7. The number of aryl methyl sites for hydroxylation is 1. The summed E-state index contributed by atoms with van der Waals surface area (Å²) in [7, 11) is 2.00. The predicted octanol–water partition coefficient (Wildman–Crippen LogP) is 3.16. The molecule has 0 saturated carbocycles. The van der Waals surface area contributed by atoms with Gasteiger partial charge in [-0.1, -0.05) is 18.2 Å². The molecule has 6 nitrogen and oxygen atoms in total. The van der Waals surface area contributed by atoms with Crippen molar-refractivity contribution in [3.8, 4) is 0 Å². The largest absolute Gasteiger partial charge is 0.372 e. The number of piperazine rings is 1. The number of benzene rings is 1. The van der Waals surface area contributed by atoms with Crippen LogP contribution in [0, 0.1) is 0 Å². The monoisotopic (exact) mass is 410 g/mol. The third kappa shape index (κ3) is 4.55. The van der Waals surface area contributed by atoms with E-state index in [4.69, 9.17) is 4.74 Å². The molecule has 0 aliphatic carbocycles. The lowest BCUT2D eigenvalue weighted by Gasteiger charge is -2.36. The minimum Gasteiger partial charge on any atom is -0.372 e. The van der Waals surface area contributed by atoms with Gasteiger partial charge >= 0.3 is 0 Å². The minimum atomic E-state index is 0.00464. The van der Waals surface area contributed by atoms with Gasteiger partial charge in [-0.3, -0.25) is 9.69 Å². The molecule has 1 amide bonds. The van der Waals surface area contributed by atoms with Crippen LogP contribution in [0.25, 0.3) is 0 Å². The molecule has 2 aliphatic rings. The Bertz CT molecular complexity index is 827. The van der Waals surface area contributed by atoms with E-state index in [1.807, 2.05) is 35.7 Å². The van der Waals surface area contributed by atoms with Crippen molar-refractivity contribution in [1.82, 2.24) is 14.4 Å². The number of carbonyl (C=O) groups is 1. The normalized spacial score (nSPS) is 20.3. The number of para-hydroxylation sites is 1. The number of aromatic nitrogens is 1. The Morgan fingerprint density at radius 2 is 1.77 bits per heavy atom. The summed E-state index contributed by atoms with van der Waals surface area (Å²) in [5, 5.41) is 0. The molecular formula is C24H34N4O2. The Kier molecular flexibility index (Phi) is 6.75. The van der Waals surface area contributed by atoms with Gasteiger partial charge in [0, 0.05) is 64.8 Å². The van der Waals surface area contributed by atoms with Crippen molar-refractivity contribution in [3.63, 3.8) is 0 Å². The SMILES string of the molecule is CCOC1CCN(CCCN2CCN(c3ccccc3)CC2)C(=O)c2ccn(C)c21. The molecule has 2 aromatic rings. The molecule has 1 atom stereocenters. The first kappa shape index (κ1) is 20.9. The van der Waals surface area contributed by atoms with Crippen molar-refractivity contribution in [2.75, 3.05) is 57.3 Å². The van der Waals surface area contributed by atoms with Crippen LogP contribution in [0.4, 0.5) is 5.69 Å². The van der Waals surface area contributed by atoms with Crippen LogP contribution in [0.2, 0.25) is 0 Å². The zero-order valence-corrected chi connectivity index (χ0v) is 18.3. The summed E-state index contributed by atoms with van der Waals surface area (Å²) < 4.78 is 8.00. The molecule has 1 fully saturated rings. The predicted molar refractivity (Wildman–Crippen MR) is 120 cm³/mol. The summed E-state index contributed by atoms with van der Waals surface area (Å²) in [6.45, 7) is 9.60. The van der Waals surface area contributed by atoms with Crippen LogP contribution in [-0.2, 0) is 11.8 Å². The lowest BCUT2D eigenvalue weighted by molar-refractivity contribution is 0.0461. The zero-order valence-electron chi connectivity index (χ0n) is 18.3. The minimum absolute atomic E-state index is 0.00464. The van der Waals surface area contributed by atoms with E-state index in [2.05, 4.69) is 40.1 Å². The van der Waals surface area contributed by atoms with Gasteiger partial charge in [-0.2, -0.15) is 0 Å². The molecule has 30 heavy (non-hydrogen) atoms. The molecule has 6 heteroatoms. The average Bonchev–Trinajstić information content (AvgIpc) is 3.11. The molecular weight excluding hydrogens is 376 g/mol. The Hall–Kier alpha value is -2.31. The van der Waals surface area contributed by atoms with Gasteiger partial charge in [0.05, 0.1) is 17.4 Å². The third-order valence-electron chi connectivity index (χ3n) is 6.37. The molecule has 3 heterocycles. The first-order valence-corrected chi connectivity index (χ1v) is 11.3. The van der Waals surface area contributed by atoms with Gasteiger partial charge in [-0.25, -0.2) is 0 Å². The van der Waals surface area contributed by atoms with Crippen molar-refractivity contribution < 1.29 is 9.53 Å².